The Bertz CT molecular complexity index is 1580. The molecule has 33 heavy (non-hydrogen) atoms. The van der Waals surface area contributed by atoms with Gasteiger partial charge in [-0.15, -0.1) is 5.10 Å². The van der Waals surface area contributed by atoms with Crippen LogP contribution < -0.4 is 0 Å². The molecule has 0 saturated heterocycles. The first-order chi connectivity index (χ1) is 16.2. The molecule has 6 rings (SSSR count). The van der Waals surface area contributed by atoms with E-state index in [2.05, 4.69) is 15.3 Å². The van der Waals surface area contributed by atoms with Crippen LogP contribution in [0.5, 0.6) is 0 Å². The number of hydrogen-bond acceptors (Lipinski definition) is 4. The number of halogens is 1. The van der Waals surface area contributed by atoms with Crippen molar-refractivity contribution in [1.82, 2.24) is 24.5 Å². The van der Waals surface area contributed by atoms with E-state index in [1.165, 1.54) is 16.8 Å². The summed E-state index contributed by atoms with van der Waals surface area (Å²) in [5.74, 6) is -0.349. The van der Waals surface area contributed by atoms with Crippen molar-refractivity contribution < 1.29 is 9.18 Å². The van der Waals surface area contributed by atoms with Crippen LogP contribution in [0.4, 0.5) is 9.18 Å². The number of hydrogen-bond donors (Lipinski definition) is 0. The van der Waals surface area contributed by atoms with E-state index in [0.29, 0.717) is 17.0 Å². The maximum absolute atomic E-state index is 14.0. The van der Waals surface area contributed by atoms with E-state index in [1.807, 2.05) is 48.5 Å². The van der Waals surface area contributed by atoms with E-state index in [9.17, 15) is 9.18 Å². The third-order valence-corrected chi connectivity index (χ3v) is 5.69. The van der Waals surface area contributed by atoms with Gasteiger partial charge in [-0.3, -0.25) is 9.55 Å². The van der Waals surface area contributed by atoms with Crippen LogP contribution in [0.1, 0.15) is 0 Å². The molecule has 158 valence electrons. The van der Waals surface area contributed by atoms with E-state index in [4.69, 9.17) is 0 Å². The van der Waals surface area contributed by atoms with Crippen LogP contribution in [0, 0.1) is 5.82 Å². The molecule has 0 aliphatic rings. The molecule has 6 nitrogen and oxygen atoms in total. The molecular formula is C26H16FN5O. The fourth-order valence-corrected chi connectivity index (χ4v) is 4.21. The fraction of sp³-hybridized carbons (Fsp3) is 0. The lowest BCUT2D eigenvalue weighted by molar-refractivity contribution is 0.242. The Balaban J connectivity index is 1.62. The first-order valence-electron chi connectivity index (χ1n) is 10.4. The standard InChI is InChI=1S/C26H16FN5O/c27-19-11-9-17(10-12-19)24-25(18-13-15-28-16-14-18)32(30-29-24)26(33)31-22-7-3-1-5-20(22)21-6-2-4-8-23(21)31/h1-16H. The van der Waals surface area contributed by atoms with Gasteiger partial charge in [-0.25, -0.2) is 9.18 Å². The molecule has 0 bridgehead atoms. The van der Waals surface area contributed by atoms with E-state index >= 15 is 0 Å². The zero-order chi connectivity index (χ0) is 22.4. The quantitative estimate of drug-likeness (QED) is 0.348. The number of rotatable bonds is 2. The minimum atomic E-state index is -0.361. The average Bonchev–Trinajstić information content (AvgIpc) is 3.45. The van der Waals surface area contributed by atoms with Crippen molar-refractivity contribution in [2.24, 2.45) is 0 Å². The lowest BCUT2D eigenvalue weighted by atomic mass is 10.1. The molecule has 0 N–H and O–H groups in total. The molecule has 3 heterocycles. The molecule has 0 atom stereocenters. The summed E-state index contributed by atoms with van der Waals surface area (Å²) < 4.78 is 16.5. The van der Waals surface area contributed by atoms with Crippen molar-refractivity contribution in [3.63, 3.8) is 0 Å². The van der Waals surface area contributed by atoms with E-state index in [1.54, 1.807) is 41.2 Å². The number of fused-ring (bicyclic) bond motifs is 3. The number of benzene rings is 3. The van der Waals surface area contributed by atoms with Gasteiger partial charge in [0.1, 0.15) is 17.2 Å². The van der Waals surface area contributed by atoms with Crippen molar-refractivity contribution in [2.45, 2.75) is 0 Å². The van der Waals surface area contributed by atoms with Crippen LogP contribution in [0.25, 0.3) is 44.3 Å². The number of aromatic nitrogens is 5. The fourth-order valence-electron chi connectivity index (χ4n) is 4.21. The molecule has 6 aromatic rings. The number of pyridine rings is 1. The zero-order valence-corrected chi connectivity index (χ0v) is 17.3. The third kappa shape index (κ3) is 3.02. The predicted molar refractivity (Wildman–Crippen MR) is 124 cm³/mol. The summed E-state index contributed by atoms with van der Waals surface area (Å²) in [5, 5.41) is 10.5. The van der Waals surface area contributed by atoms with Gasteiger partial charge in [-0.1, -0.05) is 41.6 Å². The minimum absolute atomic E-state index is 0.349. The molecule has 3 aromatic carbocycles. The van der Waals surface area contributed by atoms with Gasteiger partial charge in [0.2, 0.25) is 0 Å². The summed E-state index contributed by atoms with van der Waals surface area (Å²) in [5.41, 5.74) is 3.94. The minimum Gasteiger partial charge on any atom is -0.265 e. The Morgan fingerprint density at radius 1 is 0.727 bits per heavy atom. The van der Waals surface area contributed by atoms with Gasteiger partial charge >= 0.3 is 6.03 Å². The predicted octanol–water partition coefficient (Wildman–Crippen LogP) is 5.77. The molecule has 3 aromatic heterocycles. The SMILES string of the molecule is O=C(n1nnc(-c2ccc(F)cc2)c1-c1ccncc1)n1c2ccccc2c2ccccc21. The van der Waals surface area contributed by atoms with Crippen LogP contribution in [0.2, 0.25) is 0 Å². The second kappa shape index (κ2) is 7.49. The highest BCUT2D eigenvalue weighted by Gasteiger charge is 2.24. The third-order valence-electron chi connectivity index (χ3n) is 5.69. The summed E-state index contributed by atoms with van der Waals surface area (Å²) in [6, 6.07) is 24.7. The number of carbonyl (C=O) groups excluding carboxylic acids is 1. The van der Waals surface area contributed by atoms with Gasteiger partial charge in [0.15, 0.2) is 0 Å². The number of para-hydroxylation sites is 2. The molecule has 0 saturated carbocycles. The van der Waals surface area contributed by atoms with E-state index < -0.39 is 0 Å². The van der Waals surface area contributed by atoms with Gasteiger partial charge in [0, 0.05) is 34.3 Å². The molecule has 0 radical (unpaired) electrons. The maximum Gasteiger partial charge on any atom is 0.355 e. The van der Waals surface area contributed by atoms with Crippen LogP contribution in [0.15, 0.2) is 97.3 Å². The Hall–Kier alpha value is -4.65. The summed E-state index contributed by atoms with van der Waals surface area (Å²) in [6.45, 7) is 0. The molecule has 0 amide bonds. The molecule has 7 heteroatoms. The number of carbonyl (C=O) groups is 1. The summed E-state index contributed by atoms with van der Waals surface area (Å²) in [6.07, 6.45) is 3.29. The first-order valence-corrected chi connectivity index (χ1v) is 10.4. The van der Waals surface area contributed by atoms with Crippen molar-refractivity contribution in [3.05, 3.63) is 103 Å². The van der Waals surface area contributed by atoms with Crippen molar-refractivity contribution in [2.75, 3.05) is 0 Å². The summed E-state index contributed by atoms with van der Waals surface area (Å²) in [7, 11) is 0. The summed E-state index contributed by atoms with van der Waals surface area (Å²) in [4.78, 5) is 18.1. The molecule has 0 aliphatic heterocycles. The van der Waals surface area contributed by atoms with Gasteiger partial charge < -0.3 is 0 Å². The van der Waals surface area contributed by atoms with Gasteiger partial charge in [0.25, 0.3) is 0 Å². The van der Waals surface area contributed by atoms with Crippen LogP contribution >= 0.6 is 0 Å². The highest BCUT2D eigenvalue weighted by Crippen LogP contribution is 2.33. The van der Waals surface area contributed by atoms with E-state index in [-0.39, 0.29) is 11.8 Å². The average molecular weight is 433 g/mol. The van der Waals surface area contributed by atoms with Crippen LogP contribution in [-0.2, 0) is 0 Å². The van der Waals surface area contributed by atoms with Gasteiger partial charge in [0.05, 0.1) is 11.0 Å². The Labute approximate surface area is 187 Å². The highest BCUT2D eigenvalue weighted by molar-refractivity contribution is 6.13. The van der Waals surface area contributed by atoms with Gasteiger partial charge in [-0.2, -0.15) is 4.68 Å². The first kappa shape index (κ1) is 19.1. The Morgan fingerprint density at radius 2 is 1.33 bits per heavy atom. The lowest BCUT2D eigenvalue weighted by Crippen LogP contribution is -2.21. The maximum atomic E-state index is 14.0. The molecule has 0 spiro atoms. The molecule has 0 aliphatic carbocycles. The molecule has 0 fully saturated rings. The molecule has 0 unspecified atom stereocenters. The van der Waals surface area contributed by atoms with Crippen LogP contribution in [0.3, 0.4) is 0 Å². The lowest BCUT2D eigenvalue weighted by Gasteiger charge is -2.10. The smallest absolute Gasteiger partial charge is 0.265 e. The van der Waals surface area contributed by atoms with Crippen LogP contribution in [-0.4, -0.2) is 30.6 Å². The van der Waals surface area contributed by atoms with Gasteiger partial charge in [-0.05, 0) is 48.5 Å². The second-order valence-electron chi connectivity index (χ2n) is 7.59. The molecular weight excluding hydrogens is 417 g/mol. The normalized spacial score (nSPS) is 11.3. The monoisotopic (exact) mass is 433 g/mol. The van der Waals surface area contributed by atoms with E-state index in [0.717, 1.165) is 27.4 Å². The Kier molecular flexibility index (Phi) is 4.33. The zero-order valence-electron chi connectivity index (χ0n) is 17.3. The van der Waals surface area contributed by atoms with Crippen molar-refractivity contribution in [1.29, 1.82) is 0 Å². The summed E-state index contributed by atoms with van der Waals surface area (Å²) >= 11 is 0. The highest BCUT2D eigenvalue weighted by atomic mass is 19.1. The largest absolute Gasteiger partial charge is 0.355 e. The topological polar surface area (TPSA) is 65.6 Å². The Morgan fingerprint density at radius 3 is 1.97 bits per heavy atom. The second-order valence-corrected chi connectivity index (χ2v) is 7.59. The van der Waals surface area contributed by atoms with Crippen molar-refractivity contribution >= 4 is 27.8 Å². The van der Waals surface area contributed by atoms with Crippen molar-refractivity contribution in [3.8, 4) is 22.5 Å². The number of nitrogens with zero attached hydrogens (tertiary/aromatic N) is 5.